The fourth-order valence-electron chi connectivity index (χ4n) is 2.44. The van der Waals surface area contributed by atoms with E-state index in [-0.39, 0.29) is 0 Å². The van der Waals surface area contributed by atoms with Crippen molar-refractivity contribution >= 4 is 11.8 Å². The lowest BCUT2D eigenvalue weighted by atomic mass is 10.1. The van der Waals surface area contributed by atoms with E-state index in [0.717, 1.165) is 11.8 Å². The first kappa shape index (κ1) is 13.9. The summed E-state index contributed by atoms with van der Waals surface area (Å²) in [4.78, 5) is 0. The largest absolute Gasteiger partial charge is 0.380 e. The van der Waals surface area contributed by atoms with E-state index in [2.05, 4.69) is 48.3 Å². The van der Waals surface area contributed by atoms with Gasteiger partial charge in [-0.2, -0.15) is 11.8 Å². The van der Waals surface area contributed by atoms with E-state index in [9.17, 15) is 0 Å². The number of benzene rings is 1. The molecule has 2 unspecified atom stereocenters. The summed E-state index contributed by atoms with van der Waals surface area (Å²) >= 11 is 2.09. The molecule has 1 saturated heterocycles. The normalized spacial score (nSPS) is 24.1. The van der Waals surface area contributed by atoms with Crippen molar-refractivity contribution in [2.24, 2.45) is 0 Å². The topological polar surface area (TPSA) is 21.3 Å². The Kier molecular flexibility index (Phi) is 5.54. The quantitative estimate of drug-likeness (QED) is 0.883. The van der Waals surface area contributed by atoms with Gasteiger partial charge in [0.05, 0.1) is 6.61 Å². The number of hydrogen-bond donors (Lipinski definition) is 1. The summed E-state index contributed by atoms with van der Waals surface area (Å²) in [6.45, 7) is 4.00. The summed E-state index contributed by atoms with van der Waals surface area (Å²) in [6, 6.07) is 9.32. The van der Waals surface area contributed by atoms with Crippen LogP contribution in [0.1, 0.15) is 30.9 Å². The van der Waals surface area contributed by atoms with E-state index in [1.807, 2.05) is 0 Å². The molecule has 18 heavy (non-hydrogen) atoms. The van der Waals surface area contributed by atoms with E-state index in [0.29, 0.717) is 12.6 Å². The lowest BCUT2D eigenvalue weighted by Crippen LogP contribution is -2.38. The van der Waals surface area contributed by atoms with Gasteiger partial charge in [0.2, 0.25) is 0 Å². The average molecular weight is 265 g/mol. The Morgan fingerprint density at radius 3 is 3.00 bits per heavy atom. The maximum Gasteiger partial charge on any atom is 0.0713 e. The second-order valence-corrected chi connectivity index (χ2v) is 6.44. The van der Waals surface area contributed by atoms with Crippen molar-refractivity contribution in [3.8, 4) is 0 Å². The summed E-state index contributed by atoms with van der Waals surface area (Å²) < 4.78 is 5.17. The molecule has 0 spiro atoms. The van der Waals surface area contributed by atoms with Crippen LogP contribution in [0.3, 0.4) is 0 Å². The summed E-state index contributed by atoms with van der Waals surface area (Å²) in [7, 11) is 1.74. The molecule has 0 radical (unpaired) electrons. The van der Waals surface area contributed by atoms with Crippen LogP contribution in [-0.4, -0.2) is 24.2 Å². The Morgan fingerprint density at radius 1 is 1.39 bits per heavy atom. The first-order chi connectivity index (χ1) is 8.79. The van der Waals surface area contributed by atoms with Crippen LogP contribution in [0.15, 0.2) is 24.3 Å². The van der Waals surface area contributed by atoms with Gasteiger partial charge >= 0.3 is 0 Å². The van der Waals surface area contributed by atoms with Gasteiger partial charge in [-0.1, -0.05) is 31.2 Å². The maximum absolute atomic E-state index is 5.17. The predicted molar refractivity (Wildman–Crippen MR) is 78.9 cm³/mol. The Hall–Kier alpha value is -0.510. The highest BCUT2D eigenvalue weighted by Gasteiger charge is 2.20. The molecule has 1 aromatic carbocycles. The number of nitrogens with one attached hydrogen (secondary N) is 1. The SMILES string of the molecule is COCc1cccc(CNC2CCCSC2C)c1. The van der Waals surface area contributed by atoms with E-state index < -0.39 is 0 Å². The lowest BCUT2D eigenvalue weighted by molar-refractivity contribution is 0.185. The van der Waals surface area contributed by atoms with Crippen molar-refractivity contribution in [3.63, 3.8) is 0 Å². The van der Waals surface area contributed by atoms with Crippen molar-refractivity contribution in [2.45, 2.75) is 44.2 Å². The monoisotopic (exact) mass is 265 g/mol. The van der Waals surface area contributed by atoms with Gasteiger partial charge < -0.3 is 10.1 Å². The molecule has 0 aromatic heterocycles. The molecule has 0 amide bonds. The number of methoxy groups -OCH3 is 1. The van der Waals surface area contributed by atoms with Crippen molar-refractivity contribution in [1.29, 1.82) is 0 Å². The summed E-state index contributed by atoms with van der Waals surface area (Å²) in [5.74, 6) is 1.32. The van der Waals surface area contributed by atoms with E-state index >= 15 is 0 Å². The number of thioether (sulfide) groups is 1. The molecule has 1 aliphatic rings. The second-order valence-electron chi connectivity index (χ2n) is 4.96. The van der Waals surface area contributed by atoms with Crippen LogP contribution in [0.5, 0.6) is 0 Å². The Morgan fingerprint density at radius 2 is 2.22 bits per heavy atom. The molecular formula is C15H23NOS. The molecule has 100 valence electrons. The van der Waals surface area contributed by atoms with Crippen molar-refractivity contribution in [2.75, 3.05) is 12.9 Å². The van der Waals surface area contributed by atoms with E-state index in [4.69, 9.17) is 4.74 Å². The number of rotatable bonds is 5. The minimum absolute atomic E-state index is 0.662. The fraction of sp³-hybridized carbons (Fsp3) is 0.600. The first-order valence-corrected chi connectivity index (χ1v) is 7.76. The molecule has 1 aliphatic heterocycles. The molecule has 1 aromatic rings. The van der Waals surface area contributed by atoms with Gasteiger partial charge in [-0.25, -0.2) is 0 Å². The molecule has 2 nitrogen and oxygen atoms in total. The van der Waals surface area contributed by atoms with E-state index in [1.54, 1.807) is 7.11 Å². The van der Waals surface area contributed by atoms with Gasteiger partial charge in [-0.05, 0) is 29.7 Å². The van der Waals surface area contributed by atoms with Crippen molar-refractivity contribution in [3.05, 3.63) is 35.4 Å². The minimum atomic E-state index is 0.662. The Balaban J connectivity index is 1.87. The lowest BCUT2D eigenvalue weighted by Gasteiger charge is -2.29. The molecule has 0 saturated carbocycles. The molecule has 2 atom stereocenters. The Labute approximate surface area is 114 Å². The highest BCUT2D eigenvalue weighted by atomic mass is 32.2. The van der Waals surface area contributed by atoms with Gasteiger partial charge in [0.25, 0.3) is 0 Å². The third-order valence-electron chi connectivity index (χ3n) is 3.48. The second kappa shape index (κ2) is 7.17. The van der Waals surface area contributed by atoms with Gasteiger partial charge in [0.1, 0.15) is 0 Å². The molecule has 2 rings (SSSR count). The standard InChI is InChI=1S/C15H23NOS/c1-12-15(7-4-8-18-12)16-10-13-5-3-6-14(9-13)11-17-2/h3,5-6,9,12,15-16H,4,7-8,10-11H2,1-2H3. The van der Waals surface area contributed by atoms with Crippen molar-refractivity contribution < 1.29 is 4.74 Å². The van der Waals surface area contributed by atoms with Crippen LogP contribution in [0.4, 0.5) is 0 Å². The zero-order valence-corrected chi connectivity index (χ0v) is 12.1. The summed E-state index contributed by atoms with van der Waals surface area (Å²) in [5, 5.41) is 4.43. The van der Waals surface area contributed by atoms with Gasteiger partial charge in [0, 0.05) is 24.9 Å². The molecule has 3 heteroatoms. The highest BCUT2D eigenvalue weighted by molar-refractivity contribution is 7.99. The molecule has 1 fully saturated rings. The Bertz CT molecular complexity index is 369. The van der Waals surface area contributed by atoms with Crippen LogP contribution in [0.25, 0.3) is 0 Å². The molecule has 1 N–H and O–H groups in total. The highest BCUT2D eigenvalue weighted by Crippen LogP contribution is 2.25. The van der Waals surface area contributed by atoms with Crippen LogP contribution >= 0.6 is 11.8 Å². The summed E-state index contributed by atoms with van der Waals surface area (Å²) in [6.07, 6.45) is 2.66. The van der Waals surface area contributed by atoms with Crippen LogP contribution in [-0.2, 0) is 17.9 Å². The van der Waals surface area contributed by atoms with Crippen LogP contribution in [0, 0.1) is 0 Å². The van der Waals surface area contributed by atoms with Crippen molar-refractivity contribution in [1.82, 2.24) is 5.32 Å². The molecule has 0 aliphatic carbocycles. The zero-order chi connectivity index (χ0) is 12.8. The predicted octanol–water partition coefficient (Wildman–Crippen LogP) is 3.21. The number of ether oxygens (including phenoxy) is 1. The maximum atomic E-state index is 5.17. The van der Waals surface area contributed by atoms with E-state index in [1.165, 1.54) is 29.7 Å². The molecule has 1 heterocycles. The number of hydrogen-bond acceptors (Lipinski definition) is 3. The molecule has 0 bridgehead atoms. The van der Waals surface area contributed by atoms with Crippen LogP contribution < -0.4 is 5.32 Å². The average Bonchev–Trinajstić information content (AvgIpc) is 2.39. The molecular weight excluding hydrogens is 242 g/mol. The minimum Gasteiger partial charge on any atom is -0.380 e. The zero-order valence-electron chi connectivity index (χ0n) is 11.3. The van der Waals surface area contributed by atoms with Gasteiger partial charge in [-0.3, -0.25) is 0 Å². The fourth-order valence-corrected chi connectivity index (χ4v) is 3.61. The smallest absolute Gasteiger partial charge is 0.0713 e. The third kappa shape index (κ3) is 4.01. The first-order valence-electron chi connectivity index (χ1n) is 6.71. The van der Waals surface area contributed by atoms with Gasteiger partial charge in [-0.15, -0.1) is 0 Å². The van der Waals surface area contributed by atoms with Crippen LogP contribution in [0.2, 0.25) is 0 Å². The summed E-state index contributed by atoms with van der Waals surface area (Å²) in [5.41, 5.74) is 2.61. The van der Waals surface area contributed by atoms with Gasteiger partial charge in [0.15, 0.2) is 0 Å². The third-order valence-corrected chi connectivity index (χ3v) is 4.86.